The van der Waals surface area contributed by atoms with Crippen LogP contribution in [0.2, 0.25) is 0 Å². The van der Waals surface area contributed by atoms with Crippen molar-refractivity contribution in [2.24, 2.45) is 5.41 Å². The van der Waals surface area contributed by atoms with Gasteiger partial charge in [-0.3, -0.25) is 4.39 Å². The van der Waals surface area contributed by atoms with Crippen LogP contribution in [0.15, 0.2) is 30.3 Å². The quantitative estimate of drug-likeness (QED) is 0.174. The Morgan fingerprint density at radius 3 is 1.72 bits per heavy atom. The first-order valence-electron chi connectivity index (χ1n) is 13.3. The highest BCUT2D eigenvalue weighted by Crippen LogP contribution is 2.23. The molecule has 0 N–H and O–H groups in total. The van der Waals surface area contributed by atoms with Crippen LogP contribution in [0.4, 0.5) is 4.39 Å². The molecule has 1 atom stereocenters. The number of rotatable bonds is 21. The van der Waals surface area contributed by atoms with E-state index in [1.54, 1.807) is 0 Å². The van der Waals surface area contributed by atoms with Crippen molar-refractivity contribution in [3.05, 3.63) is 35.9 Å². The van der Waals surface area contributed by atoms with Crippen molar-refractivity contribution >= 4 is 0 Å². The molecule has 1 rings (SSSR count). The van der Waals surface area contributed by atoms with Crippen molar-refractivity contribution in [3.8, 4) is 0 Å². The molecule has 0 heterocycles. The summed E-state index contributed by atoms with van der Waals surface area (Å²) in [7, 11) is 0. The molecule has 0 aliphatic carbocycles. The second-order valence-corrected chi connectivity index (χ2v) is 10.5. The number of alkyl halides is 1. The fourth-order valence-electron chi connectivity index (χ4n) is 4.10. The van der Waals surface area contributed by atoms with Gasteiger partial charge in [-0.25, -0.2) is 0 Å². The van der Waals surface area contributed by atoms with Crippen molar-refractivity contribution in [2.45, 2.75) is 123 Å². The summed E-state index contributed by atoms with van der Waals surface area (Å²) < 4.78 is 24.2. The van der Waals surface area contributed by atoms with Gasteiger partial charge in [0, 0.05) is 6.61 Å². The summed E-state index contributed by atoms with van der Waals surface area (Å²) in [5.41, 5.74) is 1.46. The van der Waals surface area contributed by atoms with E-state index in [0.29, 0.717) is 13.2 Å². The molecule has 0 saturated heterocycles. The second kappa shape index (κ2) is 19.5. The third-order valence-corrected chi connectivity index (χ3v) is 5.89. The Hall–Kier alpha value is -0.930. The van der Waals surface area contributed by atoms with Gasteiger partial charge in [-0.2, -0.15) is 0 Å². The van der Waals surface area contributed by atoms with Crippen LogP contribution in [-0.2, 0) is 16.1 Å². The van der Waals surface area contributed by atoms with Crippen LogP contribution < -0.4 is 0 Å². The summed E-state index contributed by atoms with van der Waals surface area (Å²) in [6, 6.07) is 10.4. The van der Waals surface area contributed by atoms with Crippen molar-refractivity contribution in [1.82, 2.24) is 0 Å². The molecule has 1 aromatic carbocycles. The van der Waals surface area contributed by atoms with Gasteiger partial charge in [0.1, 0.15) is 0 Å². The highest BCUT2D eigenvalue weighted by atomic mass is 19.1. The Balaban J connectivity index is 1.97. The summed E-state index contributed by atoms with van der Waals surface area (Å²) in [6.45, 7) is 8.84. The molecular formula is C29H51FO2. The van der Waals surface area contributed by atoms with E-state index in [1.165, 1.54) is 69.8 Å². The van der Waals surface area contributed by atoms with Gasteiger partial charge >= 0.3 is 0 Å². The lowest BCUT2D eigenvalue weighted by atomic mass is 9.89. The van der Waals surface area contributed by atoms with E-state index in [0.717, 1.165) is 32.3 Å². The van der Waals surface area contributed by atoms with Gasteiger partial charge in [0.15, 0.2) is 0 Å². The van der Waals surface area contributed by atoms with E-state index >= 15 is 0 Å². The van der Waals surface area contributed by atoms with Crippen LogP contribution in [0.1, 0.15) is 116 Å². The highest BCUT2D eigenvalue weighted by Gasteiger charge is 2.19. The first kappa shape index (κ1) is 29.1. The molecule has 186 valence electrons. The summed E-state index contributed by atoms with van der Waals surface area (Å²) in [6.07, 6.45) is 17.4. The minimum atomic E-state index is -0.146. The standard InChI is InChI=1S/C29H51FO2/c1-29(2,3)24-28(32-25-27-20-16-15-17-21-27)26-31-23-19-14-12-10-8-6-4-5-7-9-11-13-18-22-30/h15-17,20-21,28H,4-14,18-19,22-26H2,1-3H3. The molecule has 0 fully saturated rings. The lowest BCUT2D eigenvalue weighted by Crippen LogP contribution is -2.26. The normalized spacial score (nSPS) is 12.9. The molecule has 0 spiro atoms. The molecule has 2 nitrogen and oxygen atoms in total. The molecular weight excluding hydrogens is 399 g/mol. The predicted molar refractivity (Wildman–Crippen MR) is 136 cm³/mol. The highest BCUT2D eigenvalue weighted by molar-refractivity contribution is 5.13. The molecule has 3 heteroatoms. The number of ether oxygens (including phenoxy) is 2. The largest absolute Gasteiger partial charge is 0.379 e. The molecule has 0 aliphatic heterocycles. The zero-order chi connectivity index (χ0) is 23.3. The molecule has 0 aliphatic rings. The van der Waals surface area contributed by atoms with Crippen molar-refractivity contribution in [2.75, 3.05) is 19.9 Å². The fourth-order valence-corrected chi connectivity index (χ4v) is 4.10. The van der Waals surface area contributed by atoms with Crippen molar-refractivity contribution in [3.63, 3.8) is 0 Å². The third-order valence-electron chi connectivity index (χ3n) is 5.89. The molecule has 32 heavy (non-hydrogen) atoms. The van der Waals surface area contributed by atoms with E-state index in [2.05, 4.69) is 45.0 Å². The van der Waals surface area contributed by atoms with Crippen LogP contribution in [-0.4, -0.2) is 26.0 Å². The van der Waals surface area contributed by atoms with Gasteiger partial charge in [-0.05, 0) is 30.2 Å². The van der Waals surface area contributed by atoms with E-state index in [-0.39, 0.29) is 18.2 Å². The Morgan fingerprint density at radius 2 is 1.22 bits per heavy atom. The molecule has 0 aromatic heterocycles. The minimum Gasteiger partial charge on any atom is -0.379 e. The fraction of sp³-hybridized carbons (Fsp3) is 0.793. The Kier molecular flexibility index (Phi) is 17.8. The molecule has 0 amide bonds. The van der Waals surface area contributed by atoms with E-state index < -0.39 is 0 Å². The van der Waals surface area contributed by atoms with Gasteiger partial charge < -0.3 is 9.47 Å². The molecule has 0 bridgehead atoms. The Labute approximate surface area is 198 Å². The molecule has 1 aromatic rings. The zero-order valence-corrected chi connectivity index (χ0v) is 21.4. The smallest absolute Gasteiger partial charge is 0.0894 e. The van der Waals surface area contributed by atoms with Gasteiger partial charge in [0.2, 0.25) is 0 Å². The first-order chi connectivity index (χ1) is 15.5. The number of hydrogen-bond acceptors (Lipinski definition) is 2. The van der Waals surface area contributed by atoms with Crippen LogP contribution in [0, 0.1) is 5.41 Å². The number of benzene rings is 1. The minimum absolute atomic E-state index is 0.146. The average Bonchev–Trinajstić information content (AvgIpc) is 2.76. The Morgan fingerprint density at radius 1 is 0.719 bits per heavy atom. The Bertz CT molecular complexity index is 512. The summed E-state index contributed by atoms with van der Waals surface area (Å²) >= 11 is 0. The second-order valence-electron chi connectivity index (χ2n) is 10.5. The number of hydrogen-bond donors (Lipinski definition) is 0. The first-order valence-corrected chi connectivity index (χ1v) is 13.3. The summed E-state index contributed by atoms with van der Waals surface area (Å²) in [5, 5.41) is 0. The predicted octanol–water partition coefficient (Wildman–Crippen LogP) is 9.07. The van der Waals surface area contributed by atoms with Gasteiger partial charge in [0.05, 0.1) is 26.0 Å². The van der Waals surface area contributed by atoms with Gasteiger partial charge in [-0.15, -0.1) is 0 Å². The number of unbranched alkanes of at least 4 members (excludes halogenated alkanes) is 12. The van der Waals surface area contributed by atoms with Crippen molar-refractivity contribution in [1.29, 1.82) is 0 Å². The molecule has 1 unspecified atom stereocenters. The SMILES string of the molecule is CC(C)(C)CC(COCCCCCCCCCCCCCCCF)OCc1ccccc1. The zero-order valence-electron chi connectivity index (χ0n) is 21.4. The average molecular weight is 451 g/mol. The molecule has 0 saturated carbocycles. The van der Waals surface area contributed by atoms with Crippen LogP contribution in [0.5, 0.6) is 0 Å². The van der Waals surface area contributed by atoms with Crippen LogP contribution in [0.3, 0.4) is 0 Å². The maximum absolute atomic E-state index is 12.0. The lowest BCUT2D eigenvalue weighted by Gasteiger charge is -2.26. The topological polar surface area (TPSA) is 18.5 Å². The third kappa shape index (κ3) is 18.6. The monoisotopic (exact) mass is 450 g/mol. The van der Waals surface area contributed by atoms with Crippen LogP contribution >= 0.6 is 0 Å². The maximum atomic E-state index is 12.0. The molecule has 0 radical (unpaired) electrons. The van der Waals surface area contributed by atoms with Crippen LogP contribution in [0.25, 0.3) is 0 Å². The van der Waals surface area contributed by atoms with E-state index in [1.807, 2.05) is 6.07 Å². The van der Waals surface area contributed by atoms with E-state index in [9.17, 15) is 4.39 Å². The lowest BCUT2D eigenvalue weighted by molar-refractivity contribution is -0.0430. The van der Waals surface area contributed by atoms with Gasteiger partial charge in [-0.1, -0.05) is 122 Å². The summed E-state index contributed by atoms with van der Waals surface area (Å²) in [5.74, 6) is 0. The number of halogens is 1. The summed E-state index contributed by atoms with van der Waals surface area (Å²) in [4.78, 5) is 0. The van der Waals surface area contributed by atoms with Gasteiger partial charge in [0.25, 0.3) is 0 Å². The van der Waals surface area contributed by atoms with E-state index in [4.69, 9.17) is 9.47 Å². The van der Waals surface area contributed by atoms with Crippen molar-refractivity contribution < 1.29 is 13.9 Å². The maximum Gasteiger partial charge on any atom is 0.0894 e.